The maximum absolute atomic E-state index is 12.8. The highest BCUT2D eigenvalue weighted by atomic mass is 35.5. The Labute approximate surface area is 111 Å². The molecule has 0 aliphatic carbocycles. The monoisotopic (exact) mass is 326 g/mol. The number of Topliss-reactive ketones (excluding diaryl/α,β-unsaturated/α-hetero) is 1. The highest BCUT2D eigenvalue weighted by Crippen LogP contribution is 2.40. The van der Waals surface area contributed by atoms with Crippen LogP contribution in [0.5, 0.6) is 0 Å². The van der Waals surface area contributed by atoms with Crippen LogP contribution in [0.1, 0.15) is 15.9 Å². The maximum Gasteiger partial charge on any atom is 0.461 e. The summed E-state index contributed by atoms with van der Waals surface area (Å²) in [7, 11) is 0. The first-order chi connectivity index (χ1) is 8.78. The Balaban J connectivity index is 3.27. The molecule has 0 spiro atoms. The molecule has 1 aromatic rings. The molecule has 20 heavy (non-hydrogen) atoms. The van der Waals surface area contributed by atoms with Crippen molar-refractivity contribution in [3.63, 3.8) is 0 Å². The van der Waals surface area contributed by atoms with Gasteiger partial charge in [-0.25, -0.2) is 0 Å². The molecule has 0 saturated carbocycles. The van der Waals surface area contributed by atoms with E-state index >= 15 is 0 Å². The molecule has 0 bridgehead atoms. The van der Waals surface area contributed by atoms with Gasteiger partial charge in [-0.05, 0) is 18.2 Å². The average Bonchev–Trinajstić information content (AvgIpc) is 2.25. The van der Waals surface area contributed by atoms with Crippen molar-refractivity contribution in [3.8, 4) is 0 Å². The summed E-state index contributed by atoms with van der Waals surface area (Å²) < 4.78 is 98.2. The summed E-state index contributed by atoms with van der Waals surface area (Å²) in [5.41, 5.74) is -2.73. The molecule has 1 rings (SSSR count). The first kappa shape index (κ1) is 16.7. The molecule has 0 amide bonds. The summed E-state index contributed by atoms with van der Waals surface area (Å²) in [6.45, 7) is 0. The van der Waals surface area contributed by atoms with Crippen molar-refractivity contribution in [2.75, 3.05) is 0 Å². The van der Waals surface area contributed by atoms with Crippen LogP contribution in [0, 0.1) is 0 Å². The number of carbonyl (C=O) groups is 1. The molecule has 0 heterocycles. The van der Waals surface area contributed by atoms with Crippen LogP contribution in [0.3, 0.4) is 0 Å². The summed E-state index contributed by atoms with van der Waals surface area (Å²) in [6.07, 6.45) is -11.0. The van der Waals surface area contributed by atoms with Crippen LogP contribution < -0.4 is 0 Å². The summed E-state index contributed by atoms with van der Waals surface area (Å²) in [6, 6.07) is 0.458. The normalized spacial score (nSPS) is 13.4. The van der Waals surface area contributed by atoms with Crippen molar-refractivity contribution in [3.05, 3.63) is 34.3 Å². The number of rotatable bonds is 2. The van der Waals surface area contributed by atoms with Gasteiger partial charge in [0.25, 0.3) is 0 Å². The van der Waals surface area contributed by atoms with Gasteiger partial charge < -0.3 is 0 Å². The summed E-state index contributed by atoms with van der Waals surface area (Å²) in [4.78, 5) is 11.1. The van der Waals surface area contributed by atoms with Gasteiger partial charge in [-0.1, -0.05) is 11.6 Å². The Hall–Kier alpha value is -1.38. The largest absolute Gasteiger partial charge is 0.461 e. The van der Waals surface area contributed by atoms with Gasteiger partial charge in [0.05, 0.1) is 10.6 Å². The van der Waals surface area contributed by atoms with Gasteiger partial charge in [0, 0.05) is 5.56 Å². The molecule has 0 saturated heterocycles. The third kappa shape index (κ3) is 3.02. The van der Waals surface area contributed by atoms with Gasteiger partial charge in [-0.15, -0.1) is 0 Å². The highest BCUT2D eigenvalue weighted by molar-refractivity contribution is 6.34. The SMILES string of the molecule is O=C(c1ccc(C(F)(F)F)cc1Cl)C(F)(F)C(F)(F)F. The van der Waals surface area contributed by atoms with Crippen molar-refractivity contribution in [1.82, 2.24) is 0 Å². The minimum absolute atomic E-state index is 0.0985. The van der Waals surface area contributed by atoms with Gasteiger partial charge in [-0.2, -0.15) is 35.1 Å². The molecule has 0 N–H and O–H groups in total. The minimum atomic E-state index is -6.17. The lowest BCUT2D eigenvalue weighted by Gasteiger charge is -2.19. The van der Waals surface area contributed by atoms with Crippen LogP contribution in [0.4, 0.5) is 35.1 Å². The van der Waals surface area contributed by atoms with Crippen LogP contribution in [-0.2, 0) is 6.18 Å². The van der Waals surface area contributed by atoms with E-state index in [1.807, 2.05) is 0 Å². The van der Waals surface area contributed by atoms with Crippen molar-refractivity contribution in [2.45, 2.75) is 18.3 Å². The van der Waals surface area contributed by atoms with Crippen molar-refractivity contribution >= 4 is 17.4 Å². The molecule has 112 valence electrons. The van der Waals surface area contributed by atoms with E-state index in [-0.39, 0.29) is 18.2 Å². The quantitative estimate of drug-likeness (QED) is 0.567. The maximum atomic E-state index is 12.8. The van der Waals surface area contributed by atoms with Gasteiger partial charge in [0.2, 0.25) is 5.78 Å². The van der Waals surface area contributed by atoms with E-state index in [2.05, 4.69) is 0 Å². The second-order valence-electron chi connectivity index (χ2n) is 3.59. The average molecular weight is 327 g/mol. The van der Waals surface area contributed by atoms with E-state index in [9.17, 15) is 39.9 Å². The lowest BCUT2D eigenvalue weighted by Crippen LogP contribution is -2.44. The lowest BCUT2D eigenvalue weighted by molar-refractivity contribution is -0.255. The van der Waals surface area contributed by atoms with Crippen molar-refractivity contribution in [1.29, 1.82) is 0 Å². The second kappa shape index (κ2) is 4.87. The zero-order chi connectivity index (χ0) is 15.9. The van der Waals surface area contributed by atoms with Crippen LogP contribution in [0.15, 0.2) is 18.2 Å². The van der Waals surface area contributed by atoms with Crippen molar-refractivity contribution < 1.29 is 39.9 Å². The smallest absolute Gasteiger partial charge is 0.287 e. The lowest BCUT2D eigenvalue weighted by atomic mass is 10.0. The fourth-order valence-corrected chi connectivity index (χ4v) is 1.44. The summed E-state index contributed by atoms with van der Waals surface area (Å²) in [5.74, 6) is -8.46. The zero-order valence-electron chi connectivity index (χ0n) is 9.04. The number of hydrogen-bond acceptors (Lipinski definition) is 1. The summed E-state index contributed by atoms with van der Waals surface area (Å²) in [5, 5.41) is -1.14. The molecule has 1 nitrogen and oxygen atoms in total. The Kier molecular flexibility index (Phi) is 4.06. The van der Waals surface area contributed by atoms with E-state index in [1.54, 1.807) is 0 Å². The highest BCUT2D eigenvalue weighted by Gasteiger charge is 2.63. The molecular weight excluding hydrogens is 324 g/mol. The van der Waals surface area contributed by atoms with Gasteiger partial charge >= 0.3 is 18.3 Å². The predicted molar refractivity (Wildman–Crippen MR) is 51.8 cm³/mol. The van der Waals surface area contributed by atoms with Crippen LogP contribution in [0.25, 0.3) is 0 Å². The molecular formula is C10H3ClF8O. The van der Waals surface area contributed by atoms with Crippen LogP contribution >= 0.6 is 11.6 Å². The molecule has 0 fully saturated rings. The van der Waals surface area contributed by atoms with Crippen LogP contribution in [0.2, 0.25) is 5.02 Å². The van der Waals surface area contributed by atoms with E-state index < -0.39 is 40.2 Å². The van der Waals surface area contributed by atoms with Gasteiger partial charge in [0.1, 0.15) is 0 Å². The van der Waals surface area contributed by atoms with Crippen molar-refractivity contribution in [2.24, 2.45) is 0 Å². The molecule has 0 radical (unpaired) electrons. The molecule has 10 heteroatoms. The predicted octanol–water partition coefficient (Wildman–Crippen LogP) is 4.74. The third-order valence-electron chi connectivity index (χ3n) is 2.18. The molecule has 0 aliphatic heterocycles. The molecule has 0 atom stereocenters. The molecule has 0 aliphatic rings. The number of halogens is 9. The van der Waals surface area contributed by atoms with E-state index in [4.69, 9.17) is 11.6 Å². The molecule has 1 aromatic carbocycles. The molecule has 0 aromatic heterocycles. The number of alkyl halides is 8. The Morgan fingerprint density at radius 2 is 1.45 bits per heavy atom. The number of hydrogen-bond donors (Lipinski definition) is 0. The second-order valence-corrected chi connectivity index (χ2v) is 4.00. The van der Waals surface area contributed by atoms with E-state index in [0.717, 1.165) is 0 Å². The number of carbonyl (C=O) groups excluding carboxylic acids is 1. The fraction of sp³-hybridized carbons (Fsp3) is 0.300. The Bertz CT molecular complexity index is 531. The van der Waals surface area contributed by atoms with E-state index in [0.29, 0.717) is 0 Å². The zero-order valence-corrected chi connectivity index (χ0v) is 9.80. The first-order valence-electron chi connectivity index (χ1n) is 4.64. The molecule has 0 unspecified atom stereocenters. The Morgan fingerprint density at radius 1 is 0.950 bits per heavy atom. The van der Waals surface area contributed by atoms with Crippen LogP contribution in [-0.4, -0.2) is 17.9 Å². The minimum Gasteiger partial charge on any atom is -0.287 e. The number of ketones is 1. The summed E-state index contributed by atoms with van der Waals surface area (Å²) >= 11 is 5.16. The van der Waals surface area contributed by atoms with Gasteiger partial charge in [-0.3, -0.25) is 4.79 Å². The fourth-order valence-electron chi connectivity index (χ4n) is 1.17. The first-order valence-corrected chi connectivity index (χ1v) is 5.02. The third-order valence-corrected chi connectivity index (χ3v) is 2.49. The number of benzene rings is 1. The Morgan fingerprint density at radius 3 is 1.80 bits per heavy atom. The van der Waals surface area contributed by atoms with E-state index in [1.165, 1.54) is 0 Å². The van der Waals surface area contributed by atoms with Gasteiger partial charge in [0.15, 0.2) is 0 Å². The standard InChI is InChI=1S/C10H3ClF8O/c11-6-3-4(9(14,15)16)1-2-5(6)7(20)8(12,13)10(17,18)19/h1-3H. The topological polar surface area (TPSA) is 17.1 Å².